The summed E-state index contributed by atoms with van der Waals surface area (Å²) in [5.74, 6) is 0.525. The van der Waals surface area contributed by atoms with E-state index in [2.05, 4.69) is 4.98 Å². The van der Waals surface area contributed by atoms with Crippen LogP contribution in [0.2, 0.25) is 0 Å². The van der Waals surface area contributed by atoms with Crippen LogP contribution in [-0.4, -0.2) is 24.2 Å². The van der Waals surface area contributed by atoms with E-state index in [-0.39, 0.29) is 5.97 Å². The molecule has 0 aliphatic rings. The van der Waals surface area contributed by atoms with E-state index < -0.39 is 0 Å². The van der Waals surface area contributed by atoms with Crippen LogP contribution in [0.1, 0.15) is 22.3 Å². The minimum absolute atomic E-state index is 0.272. The maximum absolute atomic E-state index is 11.8. The predicted octanol–water partition coefficient (Wildman–Crippen LogP) is 4.09. The van der Waals surface area contributed by atoms with Crippen LogP contribution in [0, 0.1) is 0 Å². The first-order valence-electron chi connectivity index (χ1n) is 7.49. The third-order valence-electron chi connectivity index (χ3n) is 3.32. The second-order valence-corrected chi connectivity index (χ2v) is 6.03. The monoisotopic (exact) mass is 327 g/mol. The maximum Gasteiger partial charge on any atom is 0.348 e. The minimum Gasteiger partial charge on any atom is -0.493 e. The van der Waals surface area contributed by atoms with E-state index in [1.54, 1.807) is 13.1 Å². The molecule has 1 aromatic carbocycles. The number of pyridine rings is 1. The summed E-state index contributed by atoms with van der Waals surface area (Å²) in [7, 11) is 0. The number of esters is 1. The molecular formula is C18H17NO3S. The zero-order valence-corrected chi connectivity index (χ0v) is 13.6. The van der Waals surface area contributed by atoms with Gasteiger partial charge in [0.25, 0.3) is 0 Å². The number of rotatable bonds is 6. The van der Waals surface area contributed by atoms with Crippen molar-refractivity contribution in [3.05, 3.63) is 59.2 Å². The highest BCUT2D eigenvalue weighted by molar-refractivity contribution is 7.20. The summed E-state index contributed by atoms with van der Waals surface area (Å²) in [6.45, 7) is 2.76. The van der Waals surface area contributed by atoms with Gasteiger partial charge in [0.05, 0.1) is 13.2 Å². The highest BCUT2D eigenvalue weighted by Gasteiger charge is 2.11. The molecule has 0 radical (unpaired) electrons. The van der Waals surface area contributed by atoms with Gasteiger partial charge in [-0.15, -0.1) is 11.3 Å². The summed E-state index contributed by atoms with van der Waals surface area (Å²) >= 11 is 1.42. The Labute approximate surface area is 138 Å². The molecule has 0 amide bonds. The van der Waals surface area contributed by atoms with Crippen molar-refractivity contribution in [1.29, 1.82) is 0 Å². The van der Waals surface area contributed by atoms with Crippen molar-refractivity contribution < 1.29 is 14.3 Å². The standard InChI is InChI=1S/C18H17NO3S/c1-2-21-18(20)17-11-13-6-7-15(12-16(13)23-17)22-10-8-14-5-3-4-9-19-14/h3-7,9,11-12H,2,8,10H2,1H3. The van der Waals surface area contributed by atoms with Gasteiger partial charge < -0.3 is 9.47 Å². The lowest BCUT2D eigenvalue weighted by molar-refractivity contribution is 0.0532. The van der Waals surface area contributed by atoms with Crippen molar-refractivity contribution in [2.45, 2.75) is 13.3 Å². The molecule has 0 saturated carbocycles. The van der Waals surface area contributed by atoms with Crippen molar-refractivity contribution in [1.82, 2.24) is 4.98 Å². The molecule has 2 heterocycles. The molecular weight excluding hydrogens is 310 g/mol. The number of fused-ring (bicyclic) bond motifs is 1. The fourth-order valence-electron chi connectivity index (χ4n) is 2.22. The molecule has 23 heavy (non-hydrogen) atoms. The molecule has 3 aromatic rings. The summed E-state index contributed by atoms with van der Waals surface area (Å²) in [5, 5.41) is 1.02. The van der Waals surface area contributed by atoms with Crippen LogP contribution >= 0.6 is 11.3 Å². The van der Waals surface area contributed by atoms with Crippen LogP contribution in [0.3, 0.4) is 0 Å². The molecule has 118 valence electrons. The van der Waals surface area contributed by atoms with Crippen molar-refractivity contribution in [3.63, 3.8) is 0 Å². The first-order chi connectivity index (χ1) is 11.3. The Morgan fingerprint density at radius 1 is 1.22 bits per heavy atom. The normalized spacial score (nSPS) is 10.7. The van der Waals surface area contributed by atoms with Gasteiger partial charge in [0.1, 0.15) is 10.6 Å². The van der Waals surface area contributed by atoms with Gasteiger partial charge in [-0.05, 0) is 48.7 Å². The first kappa shape index (κ1) is 15.5. The number of carbonyl (C=O) groups excluding carboxylic acids is 1. The van der Waals surface area contributed by atoms with Crippen molar-refractivity contribution in [2.24, 2.45) is 0 Å². The van der Waals surface area contributed by atoms with Gasteiger partial charge in [0.15, 0.2) is 0 Å². The summed E-state index contributed by atoms with van der Waals surface area (Å²) < 4.78 is 11.8. The van der Waals surface area contributed by atoms with Crippen molar-refractivity contribution in [3.8, 4) is 5.75 Å². The number of benzene rings is 1. The van der Waals surface area contributed by atoms with E-state index in [1.165, 1.54) is 11.3 Å². The maximum atomic E-state index is 11.8. The number of thiophene rings is 1. The molecule has 0 N–H and O–H groups in total. The highest BCUT2D eigenvalue weighted by atomic mass is 32.1. The van der Waals surface area contributed by atoms with Crippen molar-refractivity contribution >= 4 is 27.4 Å². The molecule has 0 unspecified atom stereocenters. The second kappa shape index (κ2) is 7.24. The van der Waals surface area contributed by atoms with E-state index in [1.807, 2.05) is 42.5 Å². The molecule has 0 saturated heterocycles. The lowest BCUT2D eigenvalue weighted by Gasteiger charge is -2.05. The quantitative estimate of drug-likeness (QED) is 0.640. The second-order valence-electron chi connectivity index (χ2n) is 4.95. The van der Waals surface area contributed by atoms with Gasteiger partial charge in [0, 0.05) is 23.0 Å². The van der Waals surface area contributed by atoms with Crippen LogP contribution in [0.4, 0.5) is 0 Å². The third kappa shape index (κ3) is 3.87. The van der Waals surface area contributed by atoms with Gasteiger partial charge in [-0.3, -0.25) is 4.98 Å². The highest BCUT2D eigenvalue weighted by Crippen LogP contribution is 2.29. The molecule has 0 aliphatic heterocycles. The zero-order chi connectivity index (χ0) is 16.1. The van der Waals surface area contributed by atoms with E-state index in [4.69, 9.17) is 9.47 Å². The van der Waals surface area contributed by atoms with Crippen LogP contribution in [0.15, 0.2) is 48.7 Å². The number of aromatic nitrogens is 1. The topological polar surface area (TPSA) is 48.4 Å². The fraction of sp³-hybridized carbons (Fsp3) is 0.222. The van der Waals surface area contributed by atoms with Gasteiger partial charge in [-0.2, -0.15) is 0 Å². The average molecular weight is 327 g/mol. The fourth-order valence-corrected chi connectivity index (χ4v) is 3.21. The summed E-state index contributed by atoms with van der Waals surface area (Å²) in [6, 6.07) is 13.6. The molecule has 0 spiro atoms. The molecule has 3 rings (SSSR count). The Bertz CT molecular complexity index is 798. The lowest BCUT2D eigenvalue weighted by atomic mass is 10.2. The molecule has 2 aromatic heterocycles. The Kier molecular flexibility index (Phi) is 4.88. The summed E-state index contributed by atoms with van der Waals surface area (Å²) in [6.07, 6.45) is 2.54. The third-order valence-corrected chi connectivity index (χ3v) is 4.40. The van der Waals surface area contributed by atoms with Crippen LogP contribution in [0.25, 0.3) is 10.1 Å². The lowest BCUT2D eigenvalue weighted by Crippen LogP contribution is -2.02. The largest absolute Gasteiger partial charge is 0.493 e. The predicted molar refractivity (Wildman–Crippen MR) is 91.2 cm³/mol. The molecule has 0 fully saturated rings. The number of ether oxygens (including phenoxy) is 2. The van der Waals surface area contributed by atoms with E-state index in [9.17, 15) is 4.79 Å². The Morgan fingerprint density at radius 3 is 2.91 bits per heavy atom. The SMILES string of the molecule is CCOC(=O)c1cc2ccc(OCCc3ccccn3)cc2s1. The van der Waals surface area contributed by atoms with E-state index in [0.717, 1.165) is 28.0 Å². The Balaban J connectivity index is 1.66. The van der Waals surface area contributed by atoms with Gasteiger partial charge in [0.2, 0.25) is 0 Å². The van der Waals surface area contributed by atoms with Crippen LogP contribution in [0.5, 0.6) is 5.75 Å². The van der Waals surface area contributed by atoms with Crippen LogP contribution in [-0.2, 0) is 11.2 Å². The van der Waals surface area contributed by atoms with E-state index >= 15 is 0 Å². The zero-order valence-electron chi connectivity index (χ0n) is 12.8. The smallest absolute Gasteiger partial charge is 0.348 e. The first-order valence-corrected chi connectivity index (χ1v) is 8.31. The van der Waals surface area contributed by atoms with Crippen LogP contribution < -0.4 is 4.74 Å². The number of carbonyl (C=O) groups is 1. The molecule has 0 bridgehead atoms. The number of hydrogen-bond acceptors (Lipinski definition) is 5. The molecule has 0 aliphatic carbocycles. The van der Waals surface area contributed by atoms with Gasteiger partial charge in [-0.25, -0.2) is 4.79 Å². The van der Waals surface area contributed by atoms with Crippen molar-refractivity contribution in [2.75, 3.05) is 13.2 Å². The molecule has 4 nitrogen and oxygen atoms in total. The average Bonchev–Trinajstić information content (AvgIpc) is 2.99. The van der Waals surface area contributed by atoms with E-state index in [0.29, 0.717) is 18.1 Å². The van der Waals surface area contributed by atoms with Gasteiger partial charge >= 0.3 is 5.97 Å². The number of nitrogens with zero attached hydrogens (tertiary/aromatic N) is 1. The number of hydrogen-bond donors (Lipinski definition) is 0. The summed E-state index contributed by atoms with van der Waals surface area (Å²) in [5.41, 5.74) is 1.01. The summed E-state index contributed by atoms with van der Waals surface area (Å²) in [4.78, 5) is 16.7. The van der Waals surface area contributed by atoms with Gasteiger partial charge in [-0.1, -0.05) is 6.07 Å². The minimum atomic E-state index is -0.272. The molecule has 5 heteroatoms. The Hall–Kier alpha value is -2.40. The Morgan fingerprint density at radius 2 is 2.13 bits per heavy atom. The molecule has 0 atom stereocenters.